The first-order valence-corrected chi connectivity index (χ1v) is 11.1. The van der Waals surface area contributed by atoms with E-state index in [0.29, 0.717) is 36.0 Å². The van der Waals surface area contributed by atoms with Crippen molar-refractivity contribution in [2.45, 2.75) is 36.8 Å². The lowest BCUT2D eigenvalue weighted by Crippen LogP contribution is -2.62. The minimum Gasteiger partial charge on any atom is -0.374 e. The third-order valence-electron chi connectivity index (χ3n) is 6.92. The number of aliphatic hydroxyl groups is 1. The second-order valence-electron chi connectivity index (χ2n) is 8.84. The van der Waals surface area contributed by atoms with Crippen LogP contribution in [0.4, 0.5) is 11.6 Å². The van der Waals surface area contributed by atoms with Crippen molar-refractivity contribution < 1.29 is 14.7 Å². The second kappa shape index (κ2) is 7.40. The van der Waals surface area contributed by atoms with Gasteiger partial charge in [0.25, 0.3) is 5.91 Å². The average Bonchev–Trinajstić information content (AvgIpc) is 3.49. The predicted octanol–water partition coefficient (Wildman–Crippen LogP) is 1.21. The molecular weight excluding hydrogens is 432 g/mol. The summed E-state index contributed by atoms with van der Waals surface area (Å²) >= 11 is 5.97. The Labute approximate surface area is 190 Å². The number of halogens is 1. The number of carbonyl (C=O) groups is 2. The summed E-state index contributed by atoms with van der Waals surface area (Å²) in [6.07, 6.45) is 3.12. The van der Waals surface area contributed by atoms with Crippen LogP contribution in [0.25, 0.3) is 0 Å². The standard InChI is InChI=1S/C22H25ClN6O3/c1-13-16-17(27-19(13)30)25-12-26-18(16)28-8-9-29(21(11-28)6-7-21)20(31)22(32,10-24)14-2-4-15(23)5-3-14/h2-5,12-13,32H,6-11,24H2,1H3,(H,25,26,27,30)/t13?,22-/m0/s1. The zero-order valence-electron chi connectivity index (χ0n) is 17.7. The molecule has 1 aliphatic carbocycles. The molecule has 1 spiro atoms. The molecule has 3 aliphatic rings. The Morgan fingerprint density at radius 3 is 2.69 bits per heavy atom. The molecule has 0 radical (unpaired) electrons. The third kappa shape index (κ3) is 3.15. The molecule has 5 rings (SSSR count). The number of amides is 2. The van der Waals surface area contributed by atoms with Gasteiger partial charge in [-0.15, -0.1) is 0 Å². The number of nitrogens with zero attached hydrogens (tertiary/aromatic N) is 4. The van der Waals surface area contributed by atoms with Crippen molar-refractivity contribution in [1.82, 2.24) is 14.9 Å². The lowest BCUT2D eigenvalue weighted by molar-refractivity contribution is -0.155. The van der Waals surface area contributed by atoms with Gasteiger partial charge in [-0.05, 0) is 37.5 Å². The Hall–Kier alpha value is -2.75. The largest absolute Gasteiger partial charge is 0.374 e. The maximum absolute atomic E-state index is 13.6. The molecule has 1 aromatic heterocycles. The summed E-state index contributed by atoms with van der Waals surface area (Å²) in [6, 6.07) is 6.56. The van der Waals surface area contributed by atoms with E-state index in [1.54, 1.807) is 29.2 Å². The number of rotatable bonds is 4. The van der Waals surface area contributed by atoms with Crippen LogP contribution in [0, 0.1) is 0 Å². The van der Waals surface area contributed by atoms with Gasteiger partial charge < -0.3 is 26.0 Å². The highest BCUT2D eigenvalue weighted by Gasteiger charge is 2.57. The van der Waals surface area contributed by atoms with Gasteiger partial charge in [0.05, 0.1) is 11.5 Å². The second-order valence-corrected chi connectivity index (χ2v) is 9.28. The highest BCUT2D eigenvalue weighted by molar-refractivity contribution is 6.30. The van der Waals surface area contributed by atoms with Crippen LogP contribution in [-0.2, 0) is 15.2 Å². The van der Waals surface area contributed by atoms with Crippen LogP contribution < -0.4 is 16.0 Å². The van der Waals surface area contributed by atoms with E-state index in [-0.39, 0.29) is 23.9 Å². The van der Waals surface area contributed by atoms with Crippen molar-refractivity contribution in [1.29, 1.82) is 0 Å². The number of anilines is 2. The fourth-order valence-corrected chi connectivity index (χ4v) is 4.94. The minimum absolute atomic E-state index is 0.0901. The van der Waals surface area contributed by atoms with E-state index in [4.69, 9.17) is 17.3 Å². The van der Waals surface area contributed by atoms with E-state index >= 15 is 0 Å². The molecule has 0 bridgehead atoms. The number of benzene rings is 1. The molecule has 1 saturated carbocycles. The van der Waals surface area contributed by atoms with E-state index in [9.17, 15) is 14.7 Å². The van der Waals surface area contributed by atoms with Crippen LogP contribution in [0.15, 0.2) is 30.6 Å². The van der Waals surface area contributed by atoms with Crippen LogP contribution in [0.5, 0.6) is 0 Å². The van der Waals surface area contributed by atoms with Crippen molar-refractivity contribution in [2.75, 3.05) is 36.4 Å². The van der Waals surface area contributed by atoms with Crippen LogP contribution >= 0.6 is 11.6 Å². The quantitative estimate of drug-likeness (QED) is 0.631. The Morgan fingerprint density at radius 2 is 2.03 bits per heavy atom. The Balaban J connectivity index is 1.42. The van der Waals surface area contributed by atoms with Gasteiger partial charge >= 0.3 is 0 Å². The van der Waals surface area contributed by atoms with E-state index in [1.807, 2.05) is 6.92 Å². The normalized spacial score (nSPS) is 23.0. The van der Waals surface area contributed by atoms with Crippen LogP contribution in [-0.4, -0.2) is 63.5 Å². The molecule has 2 fully saturated rings. The number of aromatic nitrogens is 2. The summed E-state index contributed by atoms with van der Waals surface area (Å²) in [6.45, 7) is 3.13. The number of hydrogen-bond acceptors (Lipinski definition) is 7. The predicted molar refractivity (Wildman–Crippen MR) is 119 cm³/mol. The molecule has 168 valence electrons. The van der Waals surface area contributed by atoms with E-state index in [1.165, 1.54) is 6.33 Å². The van der Waals surface area contributed by atoms with Crippen LogP contribution in [0.3, 0.4) is 0 Å². The van der Waals surface area contributed by atoms with Gasteiger partial charge in [0.15, 0.2) is 5.60 Å². The molecule has 2 atom stereocenters. The molecule has 2 aromatic rings. The van der Waals surface area contributed by atoms with Crippen molar-refractivity contribution >= 4 is 35.1 Å². The van der Waals surface area contributed by atoms with E-state index in [0.717, 1.165) is 24.2 Å². The SMILES string of the molecule is CC1C(=O)Nc2ncnc(N3CCN(C(=O)[C@](O)(CN)c4ccc(Cl)cc4)C4(CC4)C3)c21. The van der Waals surface area contributed by atoms with Gasteiger partial charge in [0.2, 0.25) is 5.91 Å². The van der Waals surface area contributed by atoms with Gasteiger partial charge in [-0.2, -0.15) is 0 Å². The fourth-order valence-electron chi connectivity index (χ4n) is 4.82. The smallest absolute Gasteiger partial charge is 0.261 e. The fraction of sp³-hybridized carbons (Fsp3) is 0.455. The van der Waals surface area contributed by atoms with Crippen molar-refractivity contribution in [2.24, 2.45) is 5.73 Å². The molecule has 1 saturated heterocycles. The summed E-state index contributed by atoms with van der Waals surface area (Å²) in [5.74, 6) is 0.468. The Bertz CT molecular complexity index is 1090. The molecule has 32 heavy (non-hydrogen) atoms. The van der Waals surface area contributed by atoms with E-state index in [2.05, 4.69) is 20.2 Å². The topological polar surface area (TPSA) is 125 Å². The molecular formula is C22H25ClN6O3. The average molecular weight is 457 g/mol. The Kier molecular flexibility index (Phi) is 4.88. The van der Waals surface area contributed by atoms with Gasteiger partial charge in [-0.25, -0.2) is 9.97 Å². The molecule has 10 heteroatoms. The van der Waals surface area contributed by atoms with Crippen molar-refractivity contribution in [3.63, 3.8) is 0 Å². The number of carbonyl (C=O) groups excluding carboxylic acids is 2. The number of nitrogens with one attached hydrogen (secondary N) is 1. The lowest BCUT2D eigenvalue weighted by Gasteiger charge is -2.45. The molecule has 1 unspecified atom stereocenters. The number of hydrogen-bond donors (Lipinski definition) is 3. The molecule has 2 amide bonds. The summed E-state index contributed by atoms with van der Waals surface area (Å²) in [5, 5.41) is 14.6. The molecule has 9 nitrogen and oxygen atoms in total. The lowest BCUT2D eigenvalue weighted by atomic mass is 9.90. The van der Waals surface area contributed by atoms with Gasteiger partial charge in [0, 0.05) is 36.8 Å². The first kappa shape index (κ1) is 21.1. The zero-order chi connectivity index (χ0) is 22.7. The molecule has 2 aliphatic heterocycles. The zero-order valence-corrected chi connectivity index (χ0v) is 18.5. The molecule has 1 aromatic carbocycles. The highest BCUT2D eigenvalue weighted by atomic mass is 35.5. The van der Waals surface area contributed by atoms with Crippen molar-refractivity contribution in [3.05, 3.63) is 46.7 Å². The van der Waals surface area contributed by atoms with Crippen LogP contribution in [0.2, 0.25) is 5.02 Å². The first-order chi connectivity index (χ1) is 15.3. The number of piperazine rings is 1. The monoisotopic (exact) mass is 456 g/mol. The number of nitrogens with two attached hydrogens (primary N) is 1. The molecule has 3 heterocycles. The highest BCUT2D eigenvalue weighted by Crippen LogP contribution is 2.48. The van der Waals surface area contributed by atoms with Gasteiger partial charge in [0.1, 0.15) is 18.0 Å². The van der Waals surface area contributed by atoms with Crippen molar-refractivity contribution in [3.8, 4) is 0 Å². The Morgan fingerprint density at radius 1 is 1.31 bits per heavy atom. The number of fused-ring (bicyclic) bond motifs is 1. The van der Waals surface area contributed by atoms with E-state index < -0.39 is 11.5 Å². The van der Waals surface area contributed by atoms with Gasteiger partial charge in [-0.1, -0.05) is 23.7 Å². The summed E-state index contributed by atoms with van der Waals surface area (Å²) in [7, 11) is 0. The van der Waals surface area contributed by atoms with Gasteiger partial charge in [-0.3, -0.25) is 9.59 Å². The minimum atomic E-state index is -1.82. The summed E-state index contributed by atoms with van der Waals surface area (Å²) in [4.78, 5) is 38.3. The third-order valence-corrected chi connectivity index (χ3v) is 7.18. The first-order valence-electron chi connectivity index (χ1n) is 10.7. The van der Waals surface area contributed by atoms with Crippen LogP contribution in [0.1, 0.15) is 36.8 Å². The maximum atomic E-state index is 13.6. The molecule has 4 N–H and O–H groups in total. The summed E-state index contributed by atoms with van der Waals surface area (Å²) < 4.78 is 0. The maximum Gasteiger partial charge on any atom is 0.261 e. The summed E-state index contributed by atoms with van der Waals surface area (Å²) in [5.41, 5.74) is 4.93.